The Morgan fingerprint density at radius 3 is 2.87 bits per heavy atom. The van der Waals surface area contributed by atoms with Crippen molar-refractivity contribution in [2.24, 2.45) is 0 Å². The van der Waals surface area contributed by atoms with Gasteiger partial charge in [0, 0.05) is 0 Å². The Hall–Kier alpha value is -2.37. The summed E-state index contributed by atoms with van der Waals surface area (Å²) in [7, 11) is 1.57. The number of aromatic nitrogens is 2. The summed E-state index contributed by atoms with van der Waals surface area (Å²) in [4.78, 5) is 17.9. The molecule has 4 aromatic rings. The van der Waals surface area contributed by atoms with Gasteiger partial charge in [-0.05, 0) is 35.9 Å². The van der Waals surface area contributed by atoms with Gasteiger partial charge in [-0.15, -0.1) is 0 Å². The maximum Gasteiger partial charge on any atom is 0.274 e. The van der Waals surface area contributed by atoms with E-state index in [0.29, 0.717) is 20.3 Å². The first kappa shape index (κ1) is 14.2. The van der Waals surface area contributed by atoms with Crippen molar-refractivity contribution >= 4 is 45.0 Å². The molecule has 0 saturated carbocycles. The van der Waals surface area contributed by atoms with Crippen molar-refractivity contribution in [1.82, 2.24) is 9.38 Å². The van der Waals surface area contributed by atoms with Crippen LogP contribution in [0.3, 0.4) is 0 Å². The van der Waals surface area contributed by atoms with Gasteiger partial charge in [-0.3, -0.25) is 4.79 Å². The summed E-state index contributed by atoms with van der Waals surface area (Å²) in [5.74, 6) is 0.609. The fraction of sp³-hybridized carbons (Fsp3) is 0.0588. The number of methoxy groups -OCH3 is 1. The summed E-state index contributed by atoms with van der Waals surface area (Å²) in [6.07, 6.45) is 1.82. The number of hydrogen-bond donors (Lipinski definition) is 0. The van der Waals surface area contributed by atoms with Crippen molar-refractivity contribution < 1.29 is 4.74 Å². The third kappa shape index (κ3) is 2.29. The molecule has 6 heteroatoms. The van der Waals surface area contributed by atoms with E-state index >= 15 is 0 Å². The van der Waals surface area contributed by atoms with E-state index in [4.69, 9.17) is 16.3 Å². The van der Waals surface area contributed by atoms with Crippen LogP contribution in [0.4, 0.5) is 0 Å². The van der Waals surface area contributed by atoms with Gasteiger partial charge in [-0.25, -0.2) is 9.38 Å². The monoisotopic (exact) mass is 342 g/mol. The Bertz CT molecular complexity index is 1150. The lowest BCUT2D eigenvalue weighted by Gasteiger charge is -2.02. The predicted octanol–water partition coefficient (Wildman–Crippen LogP) is 3.12. The first-order valence-corrected chi connectivity index (χ1v) is 8.12. The van der Waals surface area contributed by atoms with Crippen LogP contribution in [-0.2, 0) is 0 Å². The molecule has 0 amide bonds. The molecule has 2 aromatic carbocycles. The molecule has 0 aliphatic carbocycles. The summed E-state index contributed by atoms with van der Waals surface area (Å²) in [6, 6.07) is 13.0. The largest absolute Gasteiger partial charge is 0.495 e. The molecule has 23 heavy (non-hydrogen) atoms. The average Bonchev–Trinajstić information content (AvgIpc) is 3.05. The van der Waals surface area contributed by atoms with Crippen molar-refractivity contribution in [3.63, 3.8) is 0 Å². The molecule has 4 rings (SSSR count). The van der Waals surface area contributed by atoms with Gasteiger partial charge in [0.15, 0.2) is 4.96 Å². The Kier molecular flexibility index (Phi) is 3.32. The standard InChI is InChI=1S/C17H11ClN2O2S/c1-22-14-7-6-10(8-11(14)18)9-15-16(21)20-13-5-3-2-4-12(13)19-17(20)23-15/h2-9H,1H3/b15-9-. The Labute approximate surface area is 140 Å². The first-order chi connectivity index (χ1) is 11.2. The molecule has 0 saturated heterocycles. The SMILES string of the molecule is COc1ccc(/C=c2\sc3nc4ccccc4n3c2=O)cc1Cl. The van der Waals surface area contributed by atoms with Gasteiger partial charge in [0.1, 0.15) is 5.75 Å². The number of thiazole rings is 1. The van der Waals surface area contributed by atoms with Crippen molar-refractivity contribution in [2.75, 3.05) is 7.11 Å². The summed E-state index contributed by atoms with van der Waals surface area (Å²) < 4.78 is 7.41. The third-order valence-electron chi connectivity index (χ3n) is 3.62. The average molecular weight is 343 g/mol. The molecule has 0 aliphatic rings. The quantitative estimate of drug-likeness (QED) is 0.562. The van der Waals surface area contributed by atoms with Gasteiger partial charge in [-0.1, -0.05) is 41.1 Å². The summed E-state index contributed by atoms with van der Waals surface area (Å²) in [5.41, 5.74) is 2.44. The highest BCUT2D eigenvalue weighted by molar-refractivity contribution is 7.15. The molecule has 114 valence electrons. The van der Waals surface area contributed by atoms with Crippen LogP contribution in [0.25, 0.3) is 22.1 Å². The zero-order valence-electron chi connectivity index (χ0n) is 12.1. The number of imidazole rings is 1. The van der Waals surface area contributed by atoms with E-state index in [1.165, 1.54) is 11.3 Å². The molecular formula is C17H11ClN2O2S. The number of hydrogen-bond acceptors (Lipinski definition) is 4. The molecule has 0 aliphatic heterocycles. The highest BCUT2D eigenvalue weighted by atomic mass is 35.5. The topological polar surface area (TPSA) is 43.6 Å². The zero-order valence-corrected chi connectivity index (χ0v) is 13.7. The molecule has 0 unspecified atom stereocenters. The van der Waals surface area contributed by atoms with Crippen LogP contribution in [0.1, 0.15) is 5.56 Å². The van der Waals surface area contributed by atoms with Crippen LogP contribution in [-0.4, -0.2) is 16.5 Å². The van der Waals surface area contributed by atoms with E-state index in [-0.39, 0.29) is 5.56 Å². The minimum Gasteiger partial charge on any atom is -0.495 e. The number of nitrogens with zero attached hydrogens (tertiary/aromatic N) is 2. The minimum atomic E-state index is -0.0642. The second kappa shape index (κ2) is 5.37. The normalized spacial score (nSPS) is 12.3. The van der Waals surface area contributed by atoms with Crippen LogP contribution < -0.4 is 14.8 Å². The maximum absolute atomic E-state index is 12.7. The molecule has 0 bridgehead atoms. The molecule has 2 heterocycles. The molecule has 0 radical (unpaired) electrons. The van der Waals surface area contributed by atoms with Crippen LogP contribution in [0, 0.1) is 0 Å². The van der Waals surface area contributed by atoms with E-state index in [9.17, 15) is 4.79 Å². The number of fused-ring (bicyclic) bond motifs is 3. The number of halogens is 1. The fourth-order valence-corrected chi connectivity index (χ4v) is 3.79. The number of rotatable bonds is 2. The second-order valence-corrected chi connectivity index (χ2v) is 6.44. The summed E-state index contributed by atoms with van der Waals surface area (Å²) >= 11 is 7.50. The van der Waals surface area contributed by atoms with Crippen LogP contribution in [0.5, 0.6) is 5.75 Å². The Morgan fingerprint density at radius 2 is 2.09 bits per heavy atom. The van der Waals surface area contributed by atoms with E-state index in [1.807, 2.05) is 36.4 Å². The van der Waals surface area contributed by atoms with Crippen molar-refractivity contribution in [1.29, 1.82) is 0 Å². The van der Waals surface area contributed by atoms with Gasteiger partial charge in [0.05, 0.1) is 27.7 Å². The molecular weight excluding hydrogens is 332 g/mol. The lowest BCUT2D eigenvalue weighted by molar-refractivity contribution is 0.415. The summed E-state index contributed by atoms with van der Waals surface area (Å²) in [5, 5.41) is 0.514. The van der Waals surface area contributed by atoms with E-state index in [1.54, 1.807) is 23.6 Å². The Balaban J connectivity index is 1.94. The van der Waals surface area contributed by atoms with E-state index in [2.05, 4.69) is 4.98 Å². The molecule has 4 nitrogen and oxygen atoms in total. The van der Waals surface area contributed by atoms with Crippen molar-refractivity contribution in [3.05, 3.63) is 67.9 Å². The summed E-state index contributed by atoms with van der Waals surface area (Å²) in [6.45, 7) is 0. The molecule has 0 N–H and O–H groups in total. The smallest absolute Gasteiger partial charge is 0.274 e. The van der Waals surface area contributed by atoms with E-state index < -0.39 is 0 Å². The van der Waals surface area contributed by atoms with Crippen LogP contribution in [0.15, 0.2) is 47.3 Å². The minimum absolute atomic E-state index is 0.0642. The Morgan fingerprint density at radius 1 is 1.26 bits per heavy atom. The van der Waals surface area contributed by atoms with Gasteiger partial charge < -0.3 is 4.74 Å². The predicted molar refractivity (Wildman–Crippen MR) is 93.6 cm³/mol. The van der Waals surface area contributed by atoms with Gasteiger partial charge in [-0.2, -0.15) is 0 Å². The maximum atomic E-state index is 12.7. The van der Waals surface area contributed by atoms with Crippen LogP contribution >= 0.6 is 22.9 Å². The number of benzene rings is 2. The van der Waals surface area contributed by atoms with Crippen molar-refractivity contribution in [3.8, 4) is 5.75 Å². The molecule has 0 atom stereocenters. The lowest BCUT2D eigenvalue weighted by atomic mass is 10.2. The van der Waals surface area contributed by atoms with E-state index in [0.717, 1.165) is 16.6 Å². The highest BCUT2D eigenvalue weighted by Gasteiger charge is 2.10. The molecule has 2 aromatic heterocycles. The van der Waals surface area contributed by atoms with Gasteiger partial charge in [0.2, 0.25) is 0 Å². The number of ether oxygens (including phenoxy) is 1. The van der Waals surface area contributed by atoms with Crippen molar-refractivity contribution in [2.45, 2.75) is 0 Å². The molecule has 0 fully saturated rings. The zero-order chi connectivity index (χ0) is 16.0. The number of para-hydroxylation sites is 2. The second-order valence-electron chi connectivity index (χ2n) is 5.03. The van der Waals surface area contributed by atoms with Crippen LogP contribution in [0.2, 0.25) is 5.02 Å². The lowest BCUT2D eigenvalue weighted by Crippen LogP contribution is -2.22. The molecule has 0 spiro atoms. The highest BCUT2D eigenvalue weighted by Crippen LogP contribution is 2.25. The van der Waals surface area contributed by atoms with Gasteiger partial charge >= 0.3 is 0 Å². The first-order valence-electron chi connectivity index (χ1n) is 6.92. The fourth-order valence-electron chi connectivity index (χ4n) is 2.54. The van der Waals surface area contributed by atoms with Gasteiger partial charge in [0.25, 0.3) is 5.56 Å². The third-order valence-corrected chi connectivity index (χ3v) is 4.88.